The zero-order chi connectivity index (χ0) is 18.3. The summed E-state index contributed by atoms with van der Waals surface area (Å²) >= 11 is 0. The summed E-state index contributed by atoms with van der Waals surface area (Å²) in [6.07, 6.45) is 0. The number of aromatic nitrogens is 2. The number of methoxy groups -OCH3 is 1. The van der Waals surface area contributed by atoms with Gasteiger partial charge in [0.05, 0.1) is 12.9 Å². The predicted octanol–water partition coefficient (Wildman–Crippen LogP) is 1.16. The average molecular weight is 360 g/mol. The second-order valence-corrected chi connectivity index (χ2v) is 6.47. The van der Waals surface area contributed by atoms with Gasteiger partial charge in [0.15, 0.2) is 11.6 Å². The third-order valence-corrected chi connectivity index (χ3v) is 4.00. The van der Waals surface area contributed by atoms with Gasteiger partial charge in [0, 0.05) is 11.6 Å². The average Bonchev–Trinajstić information content (AvgIpc) is 2.52. The highest BCUT2D eigenvalue weighted by Crippen LogP contribution is 2.20. The largest absolute Gasteiger partial charge is 0.481 e. The molecule has 0 aliphatic rings. The van der Waals surface area contributed by atoms with E-state index in [4.69, 9.17) is 10.5 Å². The minimum absolute atomic E-state index is 0.0409. The molecule has 2 rings (SSSR count). The van der Waals surface area contributed by atoms with Crippen LogP contribution in [0.1, 0.15) is 5.56 Å². The summed E-state index contributed by atoms with van der Waals surface area (Å²) in [5.41, 5.74) is 5.13. The molecule has 1 aromatic carbocycles. The van der Waals surface area contributed by atoms with Crippen molar-refractivity contribution < 1.29 is 21.9 Å². The van der Waals surface area contributed by atoms with Gasteiger partial charge in [0.1, 0.15) is 5.82 Å². The van der Waals surface area contributed by atoms with Crippen LogP contribution in [0.15, 0.2) is 29.4 Å². The molecule has 24 heavy (non-hydrogen) atoms. The van der Waals surface area contributed by atoms with Gasteiger partial charge >= 0.3 is 0 Å². The third kappa shape index (κ3) is 5.10. The first-order valence-corrected chi connectivity index (χ1v) is 8.33. The number of rotatable bonds is 4. The number of ether oxygens (including phenoxy) is 1. The van der Waals surface area contributed by atoms with Crippen LogP contribution < -0.4 is 15.8 Å². The molecule has 0 aliphatic heterocycles. The number of hydrogen-bond donors (Lipinski definition) is 2. The first-order valence-electron chi connectivity index (χ1n) is 6.67. The van der Waals surface area contributed by atoms with Crippen molar-refractivity contribution in [1.82, 2.24) is 15.3 Å². The van der Waals surface area contributed by atoms with Crippen molar-refractivity contribution >= 4 is 15.7 Å². The molecule has 0 aliphatic carbocycles. The van der Waals surface area contributed by atoms with Gasteiger partial charge in [0.25, 0.3) is 5.16 Å². The second-order valence-electron chi connectivity index (χ2n) is 4.59. The molecule has 3 N–H and O–H groups in total. The number of nitrogens with two attached hydrogens (primary N) is 1. The van der Waals surface area contributed by atoms with Gasteiger partial charge in [-0.1, -0.05) is 12.1 Å². The van der Waals surface area contributed by atoms with Gasteiger partial charge in [0.2, 0.25) is 15.7 Å². The van der Waals surface area contributed by atoms with E-state index in [1.54, 1.807) is 0 Å². The first-order chi connectivity index (χ1) is 11.2. The maximum absolute atomic E-state index is 13.5. The van der Waals surface area contributed by atoms with Gasteiger partial charge in [-0.05, 0) is 20.2 Å². The molecular weight excluding hydrogens is 342 g/mol. The normalized spacial score (nSPS) is 10.7. The Balaban J connectivity index is 0.000000891. The van der Waals surface area contributed by atoms with E-state index < -0.39 is 32.4 Å². The van der Waals surface area contributed by atoms with Crippen LogP contribution in [0.2, 0.25) is 0 Å². The topological polar surface area (TPSA) is 107 Å². The fourth-order valence-electron chi connectivity index (χ4n) is 1.59. The fourth-order valence-corrected chi connectivity index (χ4v) is 2.83. The summed E-state index contributed by atoms with van der Waals surface area (Å²) in [6, 6.07) is 4.51. The Hall–Kier alpha value is -2.33. The minimum Gasteiger partial charge on any atom is -0.481 e. The molecular formula is C14H18F2N4O3S. The number of hydrogen-bond acceptors (Lipinski definition) is 7. The highest BCUT2D eigenvalue weighted by Gasteiger charge is 2.23. The van der Waals surface area contributed by atoms with Crippen molar-refractivity contribution in [3.63, 3.8) is 0 Å². The Kier molecular flexibility index (Phi) is 6.98. The fraction of sp³-hybridized carbons (Fsp3) is 0.286. The molecule has 0 saturated carbocycles. The van der Waals surface area contributed by atoms with Gasteiger partial charge in [-0.3, -0.25) is 0 Å². The van der Waals surface area contributed by atoms with E-state index >= 15 is 0 Å². The summed E-state index contributed by atoms with van der Waals surface area (Å²) in [4.78, 5) is 7.24. The van der Waals surface area contributed by atoms with E-state index in [1.807, 2.05) is 14.1 Å². The molecule has 0 radical (unpaired) electrons. The minimum atomic E-state index is -4.10. The van der Waals surface area contributed by atoms with Gasteiger partial charge in [-0.25, -0.2) is 22.2 Å². The molecule has 7 nitrogen and oxygen atoms in total. The molecule has 0 atom stereocenters. The van der Waals surface area contributed by atoms with Crippen LogP contribution >= 0.6 is 0 Å². The quantitative estimate of drug-likeness (QED) is 0.788. The van der Waals surface area contributed by atoms with Crippen molar-refractivity contribution in [2.45, 2.75) is 10.9 Å². The zero-order valence-corrected chi connectivity index (χ0v) is 14.2. The van der Waals surface area contributed by atoms with Crippen LogP contribution in [0.5, 0.6) is 5.88 Å². The van der Waals surface area contributed by atoms with Crippen LogP contribution in [0.25, 0.3) is 0 Å². The molecule has 10 heteroatoms. The van der Waals surface area contributed by atoms with Crippen LogP contribution in [-0.4, -0.2) is 39.6 Å². The standard InChI is InChI=1S/C12H11F2N3O3S.C2H7N/c1-20-10-5-9(15)16-12(17-10)21(18,19)6-7-3-2-4-8(13)11(7)14;1-3-2/h2-5H,6H2,1H3,(H2,15,16,17);3H,1-2H3. The number of anilines is 1. The third-order valence-electron chi connectivity index (χ3n) is 2.57. The van der Waals surface area contributed by atoms with Crippen molar-refractivity contribution in [3.8, 4) is 5.88 Å². The molecule has 0 amide bonds. The Morgan fingerprint density at radius 1 is 1.25 bits per heavy atom. The van der Waals surface area contributed by atoms with E-state index in [0.29, 0.717) is 0 Å². The van der Waals surface area contributed by atoms with E-state index in [2.05, 4.69) is 15.3 Å². The highest BCUT2D eigenvalue weighted by atomic mass is 32.2. The molecule has 2 aromatic rings. The first kappa shape index (κ1) is 19.7. The lowest BCUT2D eigenvalue weighted by Gasteiger charge is -2.07. The lowest BCUT2D eigenvalue weighted by molar-refractivity contribution is 0.391. The van der Waals surface area contributed by atoms with E-state index in [9.17, 15) is 17.2 Å². The number of nitrogens with one attached hydrogen (secondary N) is 1. The second kappa shape index (κ2) is 8.50. The number of nitrogen functional groups attached to an aromatic ring is 1. The molecule has 0 spiro atoms. The highest BCUT2D eigenvalue weighted by molar-refractivity contribution is 7.90. The predicted molar refractivity (Wildman–Crippen MR) is 85.2 cm³/mol. The smallest absolute Gasteiger partial charge is 0.252 e. The van der Waals surface area contributed by atoms with Crippen LogP contribution in [0.3, 0.4) is 0 Å². The number of halogens is 2. The van der Waals surface area contributed by atoms with Crippen molar-refractivity contribution in [2.24, 2.45) is 0 Å². The SMILES string of the molecule is CNC.COc1cc(N)nc(S(=O)(=O)Cc2cccc(F)c2F)n1. The van der Waals surface area contributed by atoms with Crippen molar-refractivity contribution in [2.75, 3.05) is 26.9 Å². The van der Waals surface area contributed by atoms with Crippen LogP contribution in [0, 0.1) is 11.6 Å². The molecule has 0 unspecified atom stereocenters. The Morgan fingerprint density at radius 3 is 2.46 bits per heavy atom. The Bertz CT molecular complexity index is 801. The van der Waals surface area contributed by atoms with Crippen molar-refractivity contribution in [3.05, 3.63) is 41.5 Å². The lowest BCUT2D eigenvalue weighted by atomic mass is 10.2. The number of benzene rings is 1. The molecule has 1 heterocycles. The molecule has 0 bridgehead atoms. The maximum atomic E-state index is 13.5. The zero-order valence-electron chi connectivity index (χ0n) is 13.4. The van der Waals surface area contributed by atoms with Gasteiger partial charge in [-0.15, -0.1) is 0 Å². The summed E-state index contributed by atoms with van der Waals surface area (Å²) < 4.78 is 55.8. The van der Waals surface area contributed by atoms with Crippen molar-refractivity contribution in [1.29, 1.82) is 0 Å². The Morgan fingerprint density at radius 2 is 1.88 bits per heavy atom. The maximum Gasteiger partial charge on any atom is 0.252 e. The van der Waals surface area contributed by atoms with Crippen LogP contribution in [-0.2, 0) is 15.6 Å². The number of sulfone groups is 1. The molecule has 0 saturated heterocycles. The van der Waals surface area contributed by atoms with Gasteiger partial charge in [-0.2, -0.15) is 4.98 Å². The lowest BCUT2D eigenvalue weighted by Crippen LogP contribution is -2.12. The summed E-state index contributed by atoms with van der Waals surface area (Å²) in [6.45, 7) is 0. The monoisotopic (exact) mass is 360 g/mol. The van der Waals surface area contributed by atoms with E-state index in [1.165, 1.54) is 25.3 Å². The summed E-state index contributed by atoms with van der Waals surface area (Å²) in [5.74, 6) is -3.30. The number of nitrogens with zero attached hydrogens (tertiary/aromatic N) is 2. The summed E-state index contributed by atoms with van der Waals surface area (Å²) in [7, 11) is 0.936. The summed E-state index contributed by atoms with van der Waals surface area (Å²) in [5, 5.41) is 2.14. The van der Waals surface area contributed by atoms with E-state index in [0.717, 1.165) is 6.07 Å². The molecule has 1 aromatic heterocycles. The van der Waals surface area contributed by atoms with Crippen LogP contribution in [0.4, 0.5) is 14.6 Å². The molecule has 132 valence electrons. The van der Waals surface area contributed by atoms with Gasteiger partial charge < -0.3 is 15.8 Å². The van der Waals surface area contributed by atoms with E-state index in [-0.39, 0.29) is 17.3 Å². The molecule has 0 fully saturated rings. The Labute approximate surface area is 138 Å².